The van der Waals surface area contributed by atoms with Crippen LogP contribution in [0, 0.1) is 5.92 Å². The monoisotopic (exact) mass is 339 g/mol. The second-order valence-corrected chi connectivity index (χ2v) is 6.45. The highest BCUT2D eigenvalue weighted by Gasteiger charge is 2.28. The number of likely N-dealkylation sites (tertiary alicyclic amines) is 1. The van der Waals surface area contributed by atoms with Gasteiger partial charge in [-0.2, -0.15) is 0 Å². The second-order valence-electron chi connectivity index (χ2n) is 6.45. The second kappa shape index (κ2) is 11.0. The van der Waals surface area contributed by atoms with Gasteiger partial charge in [-0.1, -0.05) is 13.8 Å². The first-order chi connectivity index (χ1) is 11.5. The maximum atomic E-state index is 12.4. The van der Waals surface area contributed by atoms with Crippen molar-refractivity contribution in [2.45, 2.75) is 59.3 Å². The summed E-state index contributed by atoms with van der Waals surface area (Å²) < 4.78 is 0. The first-order valence-electron chi connectivity index (χ1n) is 9.36. The minimum Gasteiger partial charge on any atom is -0.356 e. The summed E-state index contributed by atoms with van der Waals surface area (Å²) in [6.07, 6.45) is 4.04. The molecule has 1 atom stereocenters. The zero-order valence-electron chi connectivity index (χ0n) is 15.5. The van der Waals surface area contributed by atoms with Crippen molar-refractivity contribution >= 4 is 17.7 Å². The summed E-state index contributed by atoms with van der Waals surface area (Å²) in [4.78, 5) is 40.2. The number of carbonyl (C=O) groups is 3. The van der Waals surface area contributed by atoms with Crippen molar-refractivity contribution in [1.82, 2.24) is 15.1 Å². The van der Waals surface area contributed by atoms with Crippen LogP contribution in [-0.4, -0.2) is 60.2 Å². The Morgan fingerprint density at radius 3 is 2.33 bits per heavy atom. The lowest BCUT2D eigenvalue weighted by Crippen LogP contribution is -2.45. The highest BCUT2D eigenvalue weighted by molar-refractivity contribution is 5.85. The molecule has 24 heavy (non-hydrogen) atoms. The molecule has 1 aliphatic heterocycles. The number of rotatable bonds is 9. The van der Waals surface area contributed by atoms with Crippen molar-refractivity contribution in [2.24, 2.45) is 5.92 Å². The van der Waals surface area contributed by atoms with Crippen LogP contribution in [0.5, 0.6) is 0 Å². The molecule has 0 unspecified atom stereocenters. The van der Waals surface area contributed by atoms with Crippen molar-refractivity contribution in [3.05, 3.63) is 0 Å². The number of hydrogen-bond acceptors (Lipinski definition) is 3. The first-order valence-corrected chi connectivity index (χ1v) is 9.36. The fourth-order valence-corrected chi connectivity index (χ4v) is 3.17. The molecule has 0 aromatic rings. The average Bonchev–Trinajstić information content (AvgIpc) is 2.59. The normalized spacial score (nSPS) is 17.5. The maximum Gasteiger partial charge on any atom is 0.224 e. The minimum atomic E-state index is -0.116. The first kappa shape index (κ1) is 20.5. The van der Waals surface area contributed by atoms with Gasteiger partial charge in [0, 0.05) is 45.6 Å². The lowest BCUT2D eigenvalue weighted by Gasteiger charge is -2.32. The van der Waals surface area contributed by atoms with Gasteiger partial charge in [0.05, 0.1) is 5.92 Å². The van der Waals surface area contributed by atoms with Gasteiger partial charge in [0.15, 0.2) is 0 Å². The van der Waals surface area contributed by atoms with E-state index in [1.165, 1.54) is 0 Å². The van der Waals surface area contributed by atoms with E-state index in [2.05, 4.69) is 19.2 Å². The molecule has 0 bridgehead atoms. The van der Waals surface area contributed by atoms with Crippen molar-refractivity contribution in [3.8, 4) is 0 Å². The van der Waals surface area contributed by atoms with Gasteiger partial charge in [0.1, 0.15) is 0 Å². The van der Waals surface area contributed by atoms with E-state index in [0.29, 0.717) is 19.6 Å². The summed E-state index contributed by atoms with van der Waals surface area (Å²) >= 11 is 0. The molecule has 0 aromatic carbocycles. The topological polar surface area (TPSA) is 69.7 Å². The Bertz CT molecular complexity index is 420. The van der Waals surface area contributed by atoms with Crippen molar-refractivity contribution in [1.29, 1.82) is 0 Å². The molecule has 1 heterocycles. The number of carbonyl (C=O) groups excluding carboxylic acids is 3. The van der Waals surface area contributed by atoms with Crippen LogP contribution in [0.2, 0.25) is 0 Å². The third-order valence-corrected chi connectivity index (χ3v) is 4.39. The Balaban J connectivity index is 2.46. The molecule has 0 aliphatic carbocycles. The molecule has 1 aliphatic rings. The molecule has 3 amide bonds. The van der Waals surface area contributed by atoms with Crippen LogP contribution in [0.25, 0.3) is 0 Å². The summed E-state index contributed by atoms with van der Waals surface area (Å²) in [5.41, 5.74) is 0. The lowest BCUT2D eigenvalue weighted by molar-refractivity contribution is -0.139. The van der Waals surface area contributed by atoms with E-state index in [9.17, 15) is 14.4 Å². The zero-order chi connectivity index (χ0) is 17.9. The molecule has 1 fully saturated rings. The number of nitrogens with one attached hydrogen (secondary N) is 1. The lowest BCUT2D eigenvalue weighted by atomic mass is 9.96. The summed E-state index contributed by atoms with van der Waals surface area (Å²) in [5.74, 6) is -0.0344. The third-order valence-electron chi connectivity index (χ3n) is 4.39. The quantitative estimate of drug-likeness (QED) is 0.696. The van der Waals surface area contributed by atoms with Crippen LogP contribution in [0.15, 0.2) is 0 Å². The van der Waals surface area contributed by atoms with Gasteiger partial charge in [0.25, 0.3) is 0 Å². The Hall–Kier alpha value is -1.59. The van der Waals surface area contributed by atoms with Crippen LogP contribution in [-0.2, 0) is 14.4 Å². The standard InChI is InChI=1S/C18H33N3O3/c1-4-11-20(12-5-2)16(22)9-10-17(23)21-13-7-8-15(14-21)18(24)19-6-3/h15H,4-14H2,1-3H3,(H,19,24)/t15-/m0/s1. The SMILES string of the molecule is CCCN(CCC)C(=O)CCC(=O)N1CCC[C@H](C(=O)NCC)C1. The Kier molecular flexibility index (Phi) is 9.42. The average molecular weight is 339 g/mol. The molecular weight excluding hydrogens is 306 g/mol. The van der Waals surface area contributed by atoms with Crippen LogP contribution in [0.1, 0.15) is 59.3 Å². The van der Waals surface area contributed by atoms with Gasteiger partial charge in [-0.25, -0.2) is 0 Å². The van der Waals surface area contributed by atoms with E-state index in [1.54, 1.807) is 4.90 Å². The molecule has 0 saturated carbocycles. The molecule has 0 spiro atoms. The molecule has 6 nitrogen and oxygen atoms in total. The van der Waals surface area contributed by atoms with Crippen molar-refractivity contribution in [3.63, 3.8) is 0 Å². The van der Waals surface area contributed by atoms with E-state index < -0.39 is 0 Å². The minimum absolute atomic E-state index is 0.00899. The molecule has 1 saturated heterocycles. The van der Waals surface area contributed by atoms with Crippen LogP contribution >= 0.6 is 0 Å². The molecule has 1 N–H and O–H groups in total. The molecule has 1 rings (SSSR count). The predicted octanol–water partition coefficient (Wildman–Crippen LogP) is 1.79. The fraction of sp³-hybridized carbons (Fsp3) is 0.833. The summed E-state index contributed by atoms with van der Waals surface area (Å²) in [6, 6.07) is 0. The molecule has 0 aromatic heterocycles. The van der Waals surface area contributed by atoms with Gasteiger partial charge >= 0.3 is 0 Å². The van der Waals surface area contributed by atoms with Crippen LogP contribution in [0.4, 0.5) is 0 Å². The Morgan fingerprint density at radius 1 is 1.08 bits per heavy atom. The smallest absolute Gasteiger partial charge is 0.224 e. The van der Waals surface area contributed by atoms with Crippen molar-refractivity contribution < 1.29 is 14.4 Å². The molecule has 6 heteroatoms. The molecule has 0 radical (unpaired) electrons. The number of hydrogen-bond donors (Lipinski definition) is 1. The van der Waals surface area contributed by atoms with E-state index >= 15 is 0 Å². The van der Waals surface area contributed by atoms with Gasteiger partial charge in [0.2, 0.25) is 17.7 Å². The Morgan fingerprint density at radius 2 is 1.75 bits per heavy atom. The number of amides is 3. The van der Waals surface area contributed by atoms with E-state index in [-0.39, 0.29) is 36.5 Å². The van der Waals surface area contributed by atoms with E-state index in [1.807, 2.05) is 11.8 Å². The van der Waals surface area contributed by atoms with Gasteiger partial charge in [-0.05, 0) is 32.6 Å². The van der Waals surface area contributed by atoms with Crippen LogP contribution in [0.3, 0.4) is 0 Å². The van der Waals surface area contributed by atoms with E-state index in [4.69, 9.17) is 0 Å². The number of piperidine rings is 1. The fourth-order valence-electron chi connectivity index (χ4n) is 3.17. The predicted molar refractivity (Wildman–Crippen MR) is 94.4 cm³/mol. The van der Waals surface area contributed by atoms with Gasteiger partial charge in [-0.15, -0.1) is 0 Å². The van der Waals surface area contributed by atoms with Crippen molar-refractivity contribution in [2.75, 3.05) is 32.7 Å². The summed E-state index contributed by atoms with van der Waals surface area (Å²) in [5, 5.41) is 2.83. The molecular formula is C18H33N3O3. The third kappa shape index (κ3) is 6.49. The zero-order valence-corrected chi connectivity index (χ0v) is 15.5. The molecule has 138 valence electrons. The van der Waals surface area contributed by atoms with Gasteiger partial charge < -0.3 is 15.1 Å². The highest BCUT2D eigenvalue weighted by atomic mass is 16.2. The maximum absolute atomic E-state index is 12.4. The van der Waals surface area contributed by atoms with E-state index in [0.717, 1.165) is 38.8 Å². The van der Waals surface area contributed by atoms with Gasteiger partial charge in [-0.3, -0.25) is 14.4 Å². The number of nitrogens with zero attached hydrogens (tertiary/aromatic N) is 2. The highest BCUT2D eigenvalue weighted by Crippen LogP contribution is 2.18. The Labute approximate surface area is 145 Å². The largest absolute Gasteiger partial charge is 0.356 e. The summed E-state index contributed by atoms with van der Waals surface area (Å²) in [6.45, 7) is 9.29. The summed E-state index contributed by atoms with van der Waals surface area (Å²) in [7, 11) is 0. The van der Waals surface area contributed by atoms with Crippen LogP contribution < -0.4 is 5.32 Å².